The first kappa shape index (κ1) is 11.6. The van der Waals surface area contributed by atoms with E-state index in [1.54, 1.807) is 0 Å². The van der Waals surface area contributed by atoms with Gasteiger partial charge in [-0.1, -0.05) is 0 Å². The first-order valence-corrected chi connectivity index (χ1v) is 4.69. The third kappa shape index (κ3) is 3.28. The van der Waals surface area contributed by atoms with Crippen molar-refractivity contribution in [3.63, 3.8) is 0 Å². The Kier molecular flexibility index (Phi) is 4.17. The number of ketones is 1. The zero-order valence-corrected chi connectivity index (χ0v) is 8.56. The van der Waals surface area contributed by atoms with Gasteiger partial charge < -0.3 is 4.74 Å². The Morgan fingerprint density at radius 3 is 2.47 bits per heavy atom. The molecular weight excluding hydrogens is 198 g/mol. The van der Waals surface area contributed by atoms with Crippen molar-refractivity contribution in [1.82, 2.24) is 4.90 Å². The van der Waals surface area contributed by atoms with Gasteiger partial charge in [-0.2, -0.15) is 0 Å². The van der Waals surface area contributed by atoms with Crippen LogP contribution < -0.4 is 0 Å². The molecule has 0 aliphatic carbocycles. The second kappa shape index (κ2) is 5.41. The molecule has 15 heavy (non-hydrogen) atoms. The highest BCUT2D eigenvalue weighted by Gasteiger charge is 2.22. The zero-order chi connectivity index (χ0) is 11.3. The Hall–Kier alpha value is -1.49. The second-order valence-corrected chi connectivity index (χ2v) is 3.24. The van der Waals surface area contributed by atoms with E-state index >= 15 is 0 Å². The molecule has 0 spiro atoms. The molecule has 5 heteroatoms. The quantitative estimate of drug-likeness (QED) is 0.576. The molecule has 0 atom stereocenters. The molecule has 1 rings (SSSR count). The lowest BCUT2D eigenvalue weighted by molar-refractivity contribution is -0.137. The molecule has 0 aromatic heterocycles. The summed E-state index contributed by atoms with van der Waals surface area (Å²) in [6.45, 7) is 0.375. The van der Waals surface area contributed by atoms with E-state index in [0.29, 0.717) is 19.4 Å². The van der Waals surface area contributed by atoms with Crippen molar-refractivity contribution < 1.29 is 19.1 Å². The minimum Gasteiger partial charge on any atom is -0.377 e. The highest BCUT2D eigenvalue weighted by molar-refractivity contribution is 6.12. The molecule has 0 saturated carbocycles. The molecular formula is C10H13NO4. The lowest BCUT2D eigenvalue weighted by Crippen LogP contribution is -2.31. The number of carbonyl (C=O) groups excluding carboxylic acids is 3. The number of carbonyl (C=O) groups is 3. The molecule has 0 N–H and O–H groups in total. The first-order valence-electron chi connectivity index (χ1n) is 4.69. The lowest BCUT2D eigenvalue weighted by Gasteiger charge is -2.12. The number of rotatable bonds is 6. The largest absolute Gasteiger partial charge is 0.377 e. The van der Waals surface area contributed by atoms with Crippen LogP contribution in [0.2, 0.25) is 0 Å². The average molecular weight is 211 g/mol. The van der Waals surface area contributed by atoms with Crippen LogP contribution in [0, 0.1) is 0 Å². The topological polar surface area (TPSA) is 63.7 Å². The third-order valence-electron chi connectivity index (χ3n) is 2.04. The van der Waals surface area contributed by atoms with Gasteiger partial charge in [-0.05, 0) is 6.42 Å². The van der Waals surface area contributed by atoms with Crippen LogP contribution in [0.1, 0.15) is 12.8 Å². The minimum atomic E-state index is -0.306. The number of hydrogen-bond acceptors (Lipinski definition) is 4. The molecule has 1 aliphatic heterocycles. The van der Waals surface area contributed by atoms with Gasteiger partial charge in [0.25, 0.3) is 11.8 Å². The van der Waals surface area contributed by atoms with Crippen molar-refractivity contribution in [2.75, 3.05) is 20.3 Å². The summed E-state index contributed by atoms with van der Waals surface area (Å²) in [7, 11) is 1.45. The molecule has 82 valence electrons. The molecule has 0 saturated heterocycles. The summed E-state index contributed by atoms with van der Waals surface area (Å²) >= 11 is 0. The summed E-state index contributed by atoms with van der Waals surface area (Å²) in [5.41, 5.74) is 0. The predicted molar refractivity (Wildman–Crippen MR) is 52.0 cm³/mol. The van der Waals surface area contributed by atoms with E-state index in [1.165, 1.54) is 19.3 Å². The molecule has 1 heterocycles. The van der Waals surface area contributed by atoms with Crippen LogP contribution in [0.25, 0.3) is 0 Å². The van der Waals surface area contributed by atoms with Gasteiger partial charge >= 0.3 is 0 Å². The maximum atomic E-state index is 11.1. The van der Waals surface area contributed by atoms with Gasteiger partial charge in [0.05, 0.1) is 0 Å². The van der Waals surface area contributed by atoms with Crippen molar-refractivity contribution in [3.05, 3.63) is 12.2 Å². The van der Waals surface area contributed by atoms with Gasteiger partial charge in [0, 0.05) is 32.2 Å². The molecule has 0 aromatic carbocycles. The fraction of sp³-hybridized carbons (Fsp3) is 0.500. The van der Waals surface area contributed by atoms with Crippen LogP contribution >= 0.6 is 0 Å². The number of imide groups is 1. The first-order chi connectivity index (χ1) is 7.15. The van der Waals surface area contributed by atoms with Gasteiger partial charge in [-0.15, -0.1) is 0 Å². The molecule has 0 fully saturated rings. The number of hydrogen-bond donors (Lipinski definition) is 0. The van der Waals surface area contributed by atoms with E-state index in [9.17, 15) is 14.4 Å². The van der Waals surface area contributed by atoms with E-state index in [2.05, 4.69) is 4.74 Å². The van der Waals surface area contributed by atoms with E-state index in [4.69, 9.17) is 0 Å². The smallest absolute Gasteiger partial charge is 0.253 e. The van der Waals surface area contributed by atoms with Crippen LogP contribution in [0.5, 0.6) is 0 Å². The maximum Gasteiger partial charge on any atom is 0.253 e. The SMILES string of the molecule is COCC(=O)CCCN1C(=O)C=CC1=O. The maximum absolute atomic E-state index is 11.1. The summed E-state index contributed by atoms with van der Waals surface area (Å²) in [5, 5.41) is 0. The van der Waals surface area contributed by atoms with Crippen LogP contribution in [0.15, 0.2) is 12.2 Å². The van der Waals surface area contributed by atoms with Gasteiger partial charge in [0.2, 0.25) is 0 Å². The van der Waals surface area contributed by atoms with Crippen LogP contribution in [-0.4, -0.2) is 42.8 Å². The van der Waals surface area contributed by atoms with Crippen molar-refractivity contribution >= 4 is 17.6 Å². The molecule has 1 aliphatic rings. The molecule has 0 radical (unpaired) electrons. The lowest BCUT2D eigenvalue weighted by atomic mass is 10.2. The second-order valence-electron chi connectivity index (χ2n) is 3.24. The summed E-state index contributed by atoms with van der Waals surface area (Å²) < 4.78 is 4.66. The normalized spacial score (nSPS) is 15.1. The molecule has 2 amide bonds. The van der Waals surface area contributed by atoms with E-state index in [-0.39, 0.29) is 24.2 Å². The predicted octanol–water partition coefficient (Wildman–Crippen LogP) is -0.0929. The number of methoxy groups -OCH3 is 1. The monoisotopic (exact) mass is 211 g/mol. The number of amides is 2. The number of Topliss-reactive ketones (excluding diaryl/α,β-unsaturated/α-hetero) is 1. The molecule has 5 nitrogen and oxygen atoms in total. The van der Waals surface area contributed by atoms with E-state index in [1.807, 2.05) is 0 Å². The van der Waals surface area contributed by atoms with Crippen LogP contribution in [-0.2, 0) is 19.1 Å². The van der Waals surface area contributed by atoms with Gasteiger partial charge in [-0.25, -0.2) is 0 Å². The highest BCUT2D eigenvalue weighted by atomic mass is 16.5. The zero-order valence-electron chi connectivity index (χ0n) is 8.56. The van der Waals surface area contributed by atoms with E-state index < -0.39 is 0 Å². The van der Waals surface area contributed by atoms with E-state index in [0.717, 1.165) is 4.90 Å². The minimum absolute atomic E-state index is 0.0236. The van der Waals surface area contributed by atoms with Crippen LogP contribution in [0.4, 0.5) is 0 Å². The van der Waals surface area contributed by atoms with Crippen molar-refractivity contribution in [3.8, 4) is 0 Å². The van der Waals surface area contributed by atoms with Crippen molar-refractivity contribution in [1.29, 1.82) is 0 Å². The fourth-order valence-corrected chi connectivity index (χ4v) is 1.32. The Bertz CT molecular complexity index is 291. The highest BCUT2D eigenvalue weighted by Crippen LogP contribution is 2.05. The van der Waals surface area contributed by atoms with Gasteiger partial charge in [0.1, 0.15) is 6.61 Å². The fourth-order valence-electron chi connectivity index (χ4n) is 1.32. The summed E-state index contributed by atoms with van der Waals surface area (Å²) in [5.74, 6) is -0.636. The summed E-state index contributed by atoms with van der Waals surface area (Å²) in [4.78, 5) is 34.4. The third-order valence-corrected chi connectivity index (χ3v) is 2.04. The Morgan fingerprint density at radius 2 is 1.93 bits per heavy atom. The Morgan fingerprint density at radius 1 is 1.33 bits per heavy atom. The summed E-state index contributed by atoms with van der Waals surface area (Å²) in [6, 6.07) is 0. The van der Waals surface area contributed by atoms with Crippen molar-refractivity contribution in [2.24, 2.45) is 0 Å². The van der Waals surface area contributed by atoms with Gasteiger partial charge in [-0.3, -0.25) is 19.3 Å². The van der Waals surface area contributed by atoms with Gasteiger partial charge in [0.15, 0.2) is 5.78 Å². The average Bonchev–Trinajstić information content (AvgIpc) is 2.49. The van der Waals surface area contributed by atoms with Crippen molar-refractivity contribution in [2.45, 2.75) is 12.8 Å². The molecule has 0 unspecified atom stereocenters. The summed E-state index contributed by atoms with van der Waals surface area (Å²) in [6.07, 6.45) is 3.28. The van der Waals surface area contributed by atoms with Crippen LogP contribution in [0.3, 0.4) is 0 Å². The standard InChI is InChI=1S/C10H13NO4/c1-15-7-8(12)3-2-6-11-9(13)4-5-10(11)14/h4-5H,2-3,6-7H2,1H3. The number of ether oxygens (including phenoxy) is 1. The Balaban J connectivity index is 2.23. The molecule has 0 bridgehead atoms. The Labute approximate surface area is 87.7 Å². The number of nitrogens with zero attached hydrogens (tertiary/aromatic N) is 1. The molecule has 0 aromatic rings.